The minimum absolute atomic E-state index is 0.0318. The van der Waals surface area contributed by atoms with Crippen LogP contribution < -0.4 is 43.0 Å². The maximum atomic E-state index is 14.6. The number of rotatable bonds is 17. The van der Waals surface area contributed by atoms with Crippen molar-refractivity contribution in [1.82, 2.24) is 35.6 Å². The Morgan fingerprint density at radius 2 is 1.13 bits per heavy atom. The summed E-state index contributed by atoms with van der Waals surface area (Å²) >= 11 is 0. The average Bonchev–Trinajstić information content (AvgIpc) is 3.98. The van der Waals surface area contributed by atoms with E-state index in [1.165, 1.54) is 49.9 Å². The predicted octanol–water partition coefficient (Wildman–Crippen LogP) is 5.14. The van der Waals surface area contributed by atoms with Crippen LogP contribution in [0.2, 0.25) is 0 Å². The van der Waals surface area contributed by atoms with Gasteiger partial charge < -0.3 is 52.8 Å². The summed E-state index contributed by atoms with van der Waals surface area (Å²) in [7, 11) is 0. The molecule has 0 unspecified atom stereocenters. The number of nitrogens with two attached hydrogens (primary N) is 3. The second-order valence-corrected chi connectivity index (χ2v) is 17.9. The number of carbonyl (C=O) groups is 6. The summed E-state index contributed by atoms with van der Waals surface area (Å²) in [6.07, 6.45) is -4.94. The lowest BCUT2D eigenvalue weighted by atomic mass is 9.93. The molecule has 4 aliphatic heterocycles. The van der Waals surface area contributed by atoms with Crippen molar-refractivity contribution in [3.63, 3.8) is 0 Å². The summed E-state index contributed by atoms with van der Waals surface area (Å²) in [6.45, 7) is 2.73. The molecule has 2 atom stereocenters. The topological polar surface area (TPSA) is 248 Å². The van der Waals surface area contributed by atoms with Crippen LogP contribution in [0.1, 0.15) is 48.2 Å². The number of carbonyl (C=O) groups excluding carboxylic acids is 6. The molecule has 4 aliphatic rings. The molecule has 8 rings (SSSR count). The minimum Gasteiger partial charge on any atom is -0.399 e. The maximum Gasteiger partial charge on any atom is 0.416 e. The number of hydrogen-bond donors (Lipinski definition) is 6. The van der Waals surface area contributed by atoms with Crippen LogP contribution in [0.3, 0.4) is 0 Å². The molecule has 19 nitrogen and oxygen atoms in total. The summed E-state index contributed by atoms with van der Waals surface area (Å²) in [5, 5.41) is 8.22. The highest BCUT2D eigenvalue weighted by atomic mass is 19.4. The SMILES string of the molecule is CCN1CC2=C(C1=O)[C@@H](c1ccc(N)cc1)N(CC(=O)NCCN=C(N)NCCNC(=O)CN1C(=O)N(c3cccc(C(F)(F)F)c3)C3=C(C(=O)N(CC)C3)[C@H]1c1ccc(N)cc1)C(=O)N2c1cccc(/C(F)=C/F)c1. The molecule has 4 aromatic carbocycles. The highest BCUT2D eigenvalue weighted by molar-refractivity contribution is 6.09. The zero-order chi connectivity index (χ0) is 54.6. The van der Waals surface area contributed by atoms with Crippen molar-refractivity contribution in [3.05, 3.63) is 148 Å². The lowest BCUT2D eigenvalue weighted by Crippen LogP contribution is -2.53. The van der Waals surface area contributed by atoms with Gasteiger partial charge in [-0.1, -0.05) is 42.5 Å². The second kappa shape index (κ2) is 22.3. The lowest BCUT2D eigenvalue weighted by molar-refractivity contribution is -0.137. The van der Waals surface area contributed by atoms with Gasteiger partial charge in [-0.3, -0.25) is 34.0 Å². The number of nitrogen functional groups attached to an aromatic ring is 2. The molecule has 0 spiro atoms. The van der Waals surface area contributed by atoms with E-state index in [0.29, 0.717) is 34.7 Å². The van der Waals surface area contributed by atoms with E-state index in [4.69, 9.17) is 17.2 Å². The van der Waals surface area contributed by atoms with Gasteiger partial charge in [0.15, 0.2) is 11.8 Å². The Balaban J connectivity index is 0.913. The molecule has 0 aromatic heterocycles. The highest BCUT2D eigenvalue weighted by Crippen LogP contribution is 2.46. The van der Waals surface area contributed by atoms with Crippen molar-refractivity contribution in [3.8, 4) is 0 Å². The van der Waals surface area contributed by atoms with Crippen LogP contribution in [0.5, 0.6) is 0 Å². The van der Waals surface area contributed by atoms with Crippen LogP contribution in [0, 0.1) is 0 Å². The second-order valence-electron chi connectivity index (χ2n) is 17.9. The number of benzene rings is 4. The van der Waals surface area contributed by atoms with Gasteiger partial charge in [-0.2, -0.15) is 13.2 Å². The van der Waals surface area contributed by atoms with E-state index in [2.05, 4.69) is 20.9 Å². The van der Waals surface area contributed by atoms with Crippen LogP contribution in [-0.2, 0) is 25.4 Å². The first-order valence-electron chi connectivity index (χ1n) is 24.1. The number of amides is 8. The third-order valence-corrected chi connectivity index (χ3v) is 13.2. The Bertz CT molecular complexity index is 3070. The predicted molar refractivity (Wildman–Crippen MR) is 274 cm³/mol. The number of nitrogens with one attached hydrogen (secondary N) is 3. The fourth-order valence-corrected chi connectivity index (χ4v) is 9.55. The van der Waals surface area contributed by atoms with Crippen LogP contribution in [0.25, 0.3) is 5.83 Å². The Morgan fingerprint density at radius 3 is 1.61 bits per heavy atom. The third-order valence-electron chi connectivity index (χ3n) is 13.2. The van der Waals surface area contributed by atoms with Crippen LogP contribution >= 0.6 is 0 Å². The van der Waals surface area contributed by atoms with E-state index in [1.807, 2.05) is 0 Å². The zero-order valence-corrected chi connectivity index (χ0v) is 41.2. The fourth-order valence-electron chi connectivity index (χ4n) is 9.55. The van der Waals surface area contributed by atoms with Crippen molar-refractivity contribution < 1.29 is 50.7 Å². The van der Waals surface area contributed by atoms with Gasteiger partial charge in [-0.25, -0.2) is 18.4 Å². The molecule has 0 aliphatic carbocycles. The molecule has 76 heavy (non-hydrogen) atoms. The molecule has 0 bridgehead atoms. The summed E-state index contributed by atoms with van der Waals surface area (Å²) in [5.74, 6) is -3.37. The maximum absolute atomic E-state index is 14.6. The first kappa shape index (κ1) is 53.3. The number of nitrogens with zero attached hydrogens (tertiary/aromatic N) is 7. The molecule has 8 amide bonds. The van der Waals surface area contributed by atoms with Gasteiger partial charge in [0, 0.05) is 49.7 Å². The zero-order valence-electron chi connectivity index (χ0n) is 41.2. The van der Waals surface area contributed by atoms with Crippen LogP contribution in [0.4, 0.5) is 54.3 Å². The fraction of sp³-hybridized carbons (Fsp3) is 0.288. The van der Waals surface area contributed by atoms with Gasteiger partial charge in [0.1, 0.15) is 19.4 Å². The van der Waals surface area contributed by atoms with E-state index in [0.717, 1.165) is 28.0 Å². The van der Waals surface area contributed by atoms with Gasteiger partial charge in [0.05, 0.1) is 71.2 Å². The van der Waals surface area contributed by atoms with Gasteiger partial charge in [0.25, 0.3) is 11.8 Å². The lowest BCUT2D eigenvalue weighted by Gasteiger charge is -2.41. The average molecular weight is 1050 g/mol. The molecular weight excluding hydrogens is 998 g/mol. The number of halogens is 5. The van der Waals surface area contributed by atoms with E-state index in [-0.39, 0.29) is 97.8 Å². The summed E-state index contributed by atoms with van der Waals surface area (Å²) in [6, 6.07) is 18.9. The first-order valence-corrected chi connectivity index (χ1v) is 24.1. The summed E-state index contributed by atoms with van der Waals surface area (Å²) < 4.78 is 69.5. The number of alkyl halides is 3. The number of aliphatic imine (C=N–C) groups is 1. The van der Waals surface area contributed by atoms with E-state index in [9.17, 15) is 50.7 Å². The third kappa shape index (κ3) is 10.8. The molecule has 0 saturated carbocycles. The molecule has 9 N–H and O–H groups in total. The number of likely N-dealkylation sites (N-methyl/N-ethyl adjacent to an activating group) is 2. The monoisotopic (exact) mass is 1050 g/mol. The summed E-state index contributed by atoms with van der Waals surface area (Å²) in [4.78, 5) is 96.3. The smallest absolute Gasteiger partial charge is 0.399 e. The highest BCUT2D eigenvalue weighted by Gasteiger charge is 2.51. The van der Waals surface area contributed by atoms with Gasteiger partial charge in [0.2, 0.25) is 11.8 Å². The van der Waals surface area contributed by atoms with Crippen molar-refractivity contribution in [2.45, 2.75) is 32.1 Å². The van der Waals surface area contributed by atoms with Gasteiger partial charge in [-0.05, 0) is 79.6 Å². The van der Waals surface area contributed by atoms with Crippen molar-refractivity contribution in [2.24, 2.45) is 10.7 Å². The van der Waals surface area contributed by atoms with Gasteiger partial charge >= 0.3 is 18.2 Å². The molecule has 4 aromatic rings. The van der Waals surface area contributed by atoms with Crippen molar-refractivity contribution >= 4 is 70.2 Å². The standard InChI is InChI=1S/C52H54F5N13O6/c1-3-65-26-39-43(47(65)73)45(30-11-15-34(58)16-12-30)67(50(75)69(39)36-9-5-7-32(23-36)38(54)25-53)28-41(71)61-19-21-63-49(60)64-22-20-62-42(72)29-68-46(31-13-17-35(59)18-14-31)44-40(27-66(4-2)48(44)74)70(51(68)76)37-10-6-8-33(24-37)52(55,56)57/h5-18,23-25,45-46H,3-4,19-22,26-29,58-59H2,1-2H3,(H,61,71)(H,62,72)(H3,60,63,64)/b38-25-/t45-,46-/m1/s1. The molecule has 0 radical (unpaired) electrons. The Morgan fingerprint density at radius 1 is 0.671 bits per heavy atom. The van der Waals surface area contributed by atoms with E-state index >= 15 is 0 Å². The van der Waals surface area contributed by atoms with Crippen molar-refractivity contribution in [2.75, 3.05) is 86.7 Å². The normalized spacial score (nSPS) is 18.2. The molecule has 0 saturated heterocycles. The quantitative estimate of drug-likeness (QED) is 0.0267. The largest absolute Gasteiger partial charge is 0.416 e. The van der Waals surface area contributed by atoms with Crippen molar-refractivity contribution in [1.29, 1.82) is 0 Å². The molecule has 4 heterocycles. The summed E-state index contributed by atoms with van der Waals surface area (Å²) in [5.41, 5.74) is 19.5. The van der Waals surface area contributed by atoms with E-state index < -0.39 is 72.5 Å². The van der Waals surface area contributed by atoms with Gasteiger partial charge in [-0.15, -0.1) is 0 Å². The minimum atomic E-state index is -4.74. The Hall–Kier alpha value is -8.96. The number of urea groups is 2. The molecule has 24 heteroatoms. The first-order chi connectivity index (χ1) is 36.3. The Labute approximate surface area is 433 Å². The Kier molecular flexibility index (Phi) is 15.6. The van der Waals surface area contributed by atoms with Crippen LogP contribution in [0.15, 0.2) is 131 Å². The molecule has 0 fully saturated rings. The number of guanidine groups is 1. The van der Waals surface area contributed by atoms with E-state index in [1.54, 1.807) is 62.4 Å². The van der Waals surface area contributed by atoms with Crippen LogP contribution in [-0.4, -0.2) is 127 Å². The number of hydrogen-bond acceptors (Lipinski definition) is 9. The molecular formula is C52H54F5N13O6. The number of anilines is 4. The molecule has 398 valence electrons.